The van der Waals surface area contributed by atoms with Crippen LogP contribution in [0.3, 0.4) is 0 Å². The summed E-state index contributed by atoms with van der Waals surface area (Å²) < 4.78 is 24.8. The molecule has 1 aromatic heterocycles. The third-order valence-corrected chi connectivity index (χ3v) is 8.00. The molecule has 1 aliphatic heterocycles. The third-order valence-electron chi connectivity index (χ3n) is 6.41. The lowest BCUT2D eigenvalue weighted by Crippen LogP contribution is -2.43. The Hall–Kier alpha value is -2.57. The molecule has 5 rings (SSSR count). The van der Waals surface area contributed by atoms with E-state index < -0.39 is 14.8 Å². The molecular formula is C23H25N3O2S. The molecule has 1 aliphatic carbocycles. The minimum absolute atomic E-state index is 0.331. The van der Waals surface area contributed by atoms with E-state index in [4.69, 9.17) is 5.14 Å². The molecule has 150 valence electrons. The second kappa shape index (κ2) is 6.75. The predicted molar refractivity (Wildman–Crippen MR) is 118 cm³/mol. The van der Waals surface area contributed by atoms with Crippen molar-refractivity contribution in [2.24, 2.45) is 5.14 Å². The molecule has 29 heavy (non-hydrogen) atoms. The molecule has 1 unspecified atom stereocenters. The molecule has 2 aliphatic rings. The Bertz CT molecular complexity index is 1210. The van der Waals surface area contributed by atoms with Gasteiger partial charge in [-0.25, -0.2) is 13.6 Å². The second-order valence-corrected chi connectivity index (χ2v) is 9.83. The first-order valence-electron chi connectivity index (χ1n) is 10.2. The zero-order valence-corrected chi connectivity index (χ0v) is 17.1. The smallest absolute Gasteiger partial charge is 0.223 e. The number of sulfonamides is 1. The molecule has 5 nitrogen and oxygen atoms in total. The summed E-state index contributed by atoms with van der Waals surface area (Å²) in [7, 11) is -3.92. The van der Waals surface area contributed by atoms with Crippen LogP contribution in [0.15, 0.2) is 54.7 Å². The molecule has 1 saturated heterocycles. The Kier molecular flexibility index (Phi) is 4.29. The van der Waals surface area contributed by atoms with E-state index in [0.717, 1.165) is 46.4 Å². The number of rotatable bonds is 3. The lowest BCUT2D eigenvalue weighted by molar-refractivity contribution is 0.554. The monoisotopic (exact) mass is 407 g/mol. The molecule has 2 heterocycles. The zero-order chi connectivity index (χ0) is 20.1. The maximum atomic E-state index is 13.1. The summed E-state index contributed by atoms with van der Waals surface area (Å²) in [5.41, 5.74) is 4.53. The van der Waals surface area contributed by atoms with Crippen LogP contribution in [0.25, 0.3) is 17.0 Å². The highest BCUT2D eigenvalue weighted by molar-refractivity contribution is 7.90. The molecule has 1 atom stereocenters. The van der Waals surface area contributed by atoms with E-state index in [0.29, 0.717) is 6.42 Å². The Labute approximate surface area is 171 Å². The predicted octanol–water partition coefficient (Wildman–Crippen LogP) is 4.11. The third kappa shape index (κ3) is 2.81. The van der Waals surface area contributed by atoms with Crippen molar-refractivity contribution in [3.63, 3.8) is 0 Å². The van der Waals surface area contributed by atoms with Crippen molar-refractivity contribution in [1.29, 1.82) is 0 Å². The molecule has 0 saturated carbocycles. The molecular weight excluding hydrogens is 382 g/mol. The first-order chi connectivity index (χ1) is 14.0. The topological polar surface area (TPSA) is 79.2 Å². The standard InChI is InChI=1S/C23H25N3O2S/c24-29(27,28)23(12-6-8-17-7-2-3-9-20(17)23)18-10-11-21-19(15-18)22(16-25-21)26-13-4-1-5-14-26/h2-3,6-11,15-16,25H,1,4-5,12-14H2,(H2,24,27,28). The molecule has 2 aromatic carbocycles. The van der Waals surface area contributed by atoms with E-state index in [1.165, 1.54) is 19.3 Å². The summed E-state index contributed by atoms with van der Waals surface area (Å²) in [4.78, 5) is 5.74. The number of anilines is 1. The van der Waals surface area contributed by atoms with E-state index in [1.54, 1.807) is 0 Å². The molecule has 6 heteroatoms. The first kappa shape index (κ1) is 18.5. The average molecular weight is 408 g/mol. The summed E-state index contributed by atoms with van der Waals surface area (Å²) >= 11 is 0. The van der Waals surface area contributed by atoms with Gasteiger partial charge in [-0.05, 0) is 54.5 Å². The fourth-order valence-corrected chi connectivity index (χ4v) is 6.21. The quantitative estimate of drug-likeness (QED) is 0.686. The normalized spacial score (nSPS) is 22.0. The van der Waals surface area contributed by atoms with Crippen molar-refractivity contribution in [1.82, 2.24) is 4.98 Å². The highest BCUT2D eigenvalue weighted by Crippen LogP contribution is 2.45. The van der Waals surface area contributed by atoms with Gasteiger partial charge in [-0.1, -0.05) is 42.5 Å². The van der Waals surface area contributed by atoms with Crippen LogP contribution in [-0.4, -0.2) is 26.5 Å². The van der Waals surface area contributed by atoms with Gasteiger partial charge in [0, 0.05) is 30.2 Å². The number of primary sulfonamides is 1. The lowest BCUT2D eigenvalue weighted by Gasteiger charge is -2.35. The minimum atomic E-state index is -3.92. The number of piperidine rings is 1. The molecule has 1 fully saturated rings. The van der Waals surface area contributed by atoms with E-state index in [-0.39, 0.29) is 0 Å². The maximum absolute atomic E-state index is 13.1. The van der Waals surface area contributed by atoms with Crippen molar-refractivity contribution in [2.45, 2.75) is 30.4 Å². The lowest BCUT2D eigenvalue weighted by atomic mass is 9.81. The first-order valence-corrected chi connectivity index (χ1v) is 11.7. The zero-order valence-electron chi connectivity index (χ0n) is 16.3. The van der Waals surface area contributed by atoms with Gasteiger partial charge in [0.2, 0.25) is 10.0 Å². The van der Waals surface area contributed by atoms with Gasteiger partial charge >= 0.3 is 0 Å². The Morgan fingerprint density at radius 2 is 1.83 bits per heavy atom. The number of aromatic amines is 1. The summed E-state index contributed by atoms with van der Waals surface area (Å²) in [6.07, 6.45) is 9.90. The molecule has 0 bridgehead atoms. The fourth-order valence-electron chi connectivity index (χ4n) is 4.93. The van der Waals surface area contributed by atoms with Crippen LogP contribution in [0.4, 0.5) is 5.69 Å². The van der Waals surface area contributed by atoms with Crippen LogP contribution in [0, 0.1) is 0 Å². The van der Waals surface area contributed by atoms with E-state index >= 15 is 0 Å². The molecule has 0 radical (unpaired) electrons. The second-order valence-electron chi connectivity index (χ2n) is 8.05. The number of hydrogen-bond donors (Lipinski definition) is 2. The number of nitrogens with one attached hydrogen (secondary N) is 1. The van der Waals surface area contributed by atoms with E-state index in [9.17, 15) is 8.42 Å². The van der Waals surface area contributed by atoms with Gasteiger partial charge in [0.05, 0.1) is 5.69 Å². The van der Waals surface area contributed by atoms with E-state index in [2.05, 4.69) is 9.88 Å². The summed E-state index contributed by atoms with van der Waals surface area (Å²) in [6, 6.07) is 13.5. The summed E-state index contributed by atoms with van der Waals surface area (Å²) in [6.45, 7) is 2.06. The number of allylic oxidation sites excluding steroid dienone is 1. The molecule has 0 amide bonds. The van der Waals surface area contributed by atoms with Crippen molar-refractivity contribution in [3.8, 4) is 0 Å². The highest BCUT2D eigenvalue weighted by Gasteiger charge is 2.46. The summed E-state index contributed by atoms with van der Waals surface area (Å²) in [5.74, 6) is 0. The van der Waals surface area contributed by atoms with Gasteiger partial charge in [-0.15, -0.1) is 0 Å². The average Bonchev–Trinajstić information content (AvgIpc) is 3.16. The number of hydrogen-bond acceptors (Lipinski definition) is 3. The SMILES string of the molecule is NS(=O)(=O)C1(c2ccc3[nH]cc(N4CCCCC4)c3c2)CC=Cc2ccccc21. The van der Waals surface area contributed by atoms with Crippen LogP contribution in [-0.2, 0) is 14.8 Å². The number of fused-ring (bicyclic) bond motifs is 2. The fraction of sp³-hybridized carbons (Fsp3) is 0.304. The summed E-state index contributed by atoms with van der Waals surface area (Å²) in [5, 5.41) is 6.97. The Balaban J connectivity index is 1.73. The Morgan fingerprint density at radius 1 is 1.03 bits per heavy atom. The Morgan fingerprint density at radius 3 is 2.62 bits per heavy atom. The van der Waals surface area contributed by atoms with Crippen LogP contribution in [0.1, 0.15) is 42.4 Å². The molecule has 0 spiro atoms. The number of aromatic nitrogens is 1. The van der Waals surface area contributed by atoms with Crippen LogP contribution >= 0.6 is 0 Å². The van der Waals surface area contributed by atoms with Gasteiger partial charge in [0.15, 0.2) is 0 Å². The number of nitrogens with zero attached hydrogens (tertiary/aromatic N) is 1. The van der Waals surface area contributed by atoms with Gasteiger partial charge in [0.1, 0.15) is 4.75 Å². The van der Waals surface area contributed by atoms with Gasteiger partial charge in [-0.2, -0.15) is 0 Å². The molecule has 3 N–H and O–H groups in total. The van der Waals surface area contributed by atoms with E-state index in [1.807, 2.05) is 60.8 Å². The number of benzene rings is 2. The minimum Gasteiger partial charge on any atom is -0.370 e. The van der Waals surface area contributed by atoms with Gasteiger partial charge in [-0.3, -0.25) is 0 Å². The van der Waals surface area contributed by atoms with Crippen molar-refractivity contribution >= 4 is 32.7 Å². The highest BCUT2D eigenvalue weighted by atomic mass is 32.2. The van der Waals surface area contributed by atoms with Gasteiger partial charge in [0.25, 0.3) is 0 Å². The van der Waals surface area contributed by atoms with Crippen LogP contribution in [0.2, 0.25) is 0 Å². The van der Waals surface area contributed by atoms with Crippen molar-refractivity contribution in [2.75, 3.05) is 18.0 Å². The van der Waals surface area contributed by atoms with Crippen molar-refractivity contribution in [3.05, 3.63) is 71.4 Å². The van der Waals surface area contributed by atoms with Crippen molar-refractivity contribution < 1.29 is 8.42 Å². The van der Waals surface area contributed by atoms with Crippen LogP contribution < -0.4 is 10.0 Å². The van der Waals surface area contributed by atoms with Gasteiger partial charge < -0.3 is 9.88 Å². The largest absolute Gasteiger partial charge is 0.370 e. The van der Waals surface area contributed by atoms with Crippen LogP contribution in [0.5, 0.6) is 0 Å². The molecule has 3 aromatic rings. The number of nitrogens with two attached hydrogens (primary N) is 1. The maximum Gasteiger partial charge on any atom is 0.223 e. The number of H-pyrrole nitrogens is 1.